The van der Waals surface area contributed by atoms with Crippen molar-refractivity contribution in [3.63, 3.8) is 0 Å². The molecule has 4 heteroatoms. The molecular formula is C13H26N2O2. The van der Waals surface area contributed by atoms with Crippen molar-refractivity contribution >= 4 is 6.03 Å². The van der Waals surface area contributed by atoms with Crippen molar-refractivity contribution in [1.29, 1.82) is 0 Å². The minimum absolute atomic E-state index is 0.0590. The third-order valence-electron chi connectivity index (χ3n) is 3.64. The van der Waals surface area contributed by atoms with Gasteiger partial charge in [-0.1, -0.05) is 19.3 Å². The van der Waals surface area contributed by atoms with E-state index < -0.39 is 0 Å². The maximum atomic E-state index is 12.3. The molecule has 0 aromatic rings. The van der Waals surface area contributed by atoms with Crippen LogP contribution in [0, 0.1) is 0 Å². The lowest BCUT2D eigenvalue weighted by Crippen LogP contribution is -2.49. The Hall–Kier alpha value is -0.770. The zero-order valence-corrected chi connectivity index (χ0v) is 11.2. The van der Waals surface area contributed by atoms with Gasteiger partial charge in [-0.05, 0) is 26.7 Å². The van der Waals surface area contributed by atoms with Gasteiger partial charge in [-0.25, -0.2) is 4.79 Å². The Morgan fingerprint density at radius 3 is 2.24 bits per heavy atom. The molecular weight excluding hydrogens is 216 g/mol. The smallest absolute Gasteiger partial charge is 0.320 e. The first-order valence-corrected chi connectivity index (χ1v) is 6.91. The summed E-state index contributed by atoms with van der Waals surface area (Å²) in [5.74, 6) is 0. The number of carbonyl (C=O) groups is 1. The molecule has 0 unspecified atom stereocenters. The first-order chi connectivity index (χ1) is 8.24. The van der Waals surface area contributed by atoms with Crippen LogP contribution in [0.15, 0.2) is 0 Å². The molecule has 1 fully saturated rings. The van der Waals surface area contributed by atoms with Crippen LogP contribution in [0.25, 0.3) is 0 Å². The molecule has 0 aromatic carbocycles. The number of hydrogen-bond acceptors (Lipinski definition) is 2. The Bertz CT molecular complexity index is 223. The highest BCUT2D eigenvalue weighted by atomic mass is 16.3. The molecule has 1 N–H and O–H groups in total. The lowest BCUT2D eigenvalue weighted by Gasteiger charge is -2.37. The number of aliphatic hydroxyl groups excluding tert-OH is 1. The van der Waals surface area contributed by atoms with Gasteiger partial charge < -0.3 is 14.9 Å². The summed E-state index contributed by atoms with van der Waals surface area (Å²) in [6.07, 6.45) is 5.87. The largest absolute Gasteiger partial charge is 0.395 e. The molecule has 1 aliphatic carbocycles. The SMILES string of the molecule is CCN(CC)C(=O)N(CCO)C1CCCCC1. The molecule has 0 bridgehead atoms. The van der Waals surface area contributed by atoms with Crippen LogP contribution in [0.5, 0.6) is 0 Å². The summed E-state index contributed by atoms with van der Waals surface area (Å²) in [7, 11) is 0. The number of hydrogen-bond donors (Lipinski definition) is 1. The quantitative estimate of drug-likeness (QED) is 0.802. The molecule has 1 aliphatic rings. The normalized spacial score (nSPS) is 16.9. The number of rotatable bonds is 5. The van der Waals surface area contributed by atoms with Crippen LogP contribution in [0.4, 0.5) is 4.79 Å². The maximum Gasteiger partial charge on any atom is 0.320 e. The minimum Gasteiger partial charge on any atom is -0.395 e. The molecule has 0 heterocycles. The van der Waals surface area contributed by atoms with Crippen LogP contribution in [-0.2, 0) is 0 Å². The molecule has 0 saturated heterocycles. The fourth-order valence-corrected chi connectivity index (χ4v) is 2.61. The molecule has 0 atom stereocenters. The fourth-order valence-electron chi connectivity index (χ4n) is 2.61. The summed E-state index contributed by atoms with van der Waals surface area (Å²) in [5, 5.41) is 9.13. The molecule has 17 heavy (non-hydrogen) atoms. The Labute approximate surface area is 105 Å². The highest BCUT2D eigenvalue weighted by Gasteiger charge is 2.27. The highest BCUT2D eigenvalue weighted by Crippen LogP contribution is 2.23. The van der Waals surface area contributed by atoms with Gasteiger partial charge >= 0.3 is 6.03 Å². The van der Waals surface area contributed by atoms with Crippen molar-refractivity contribution in [3.8, 4) is 0 Å². The average Bonchev–Trinajstić information content (AvgIpc) is 2.38. The minimum atomic E-state index is 0.0590. The highest BCUT2D eigenvalue weighted by molar-refractivity contribution is 5.74. The van der Waals surface area contributed by atoms with E-state index in [1.54, 1.807) is 0 Å². The molecule has 2 amide bonds. The lowest BCUT2D eigenvalue weighted by molar-refractivity contribution is 0.108. The van der Waals surface area contributed by atoms with Gasteiger partial charge in [0.2, 0.25) is 0 Å². The van der Waals surface area contributed by atoms with Crippen LogP contribution >= 0.6 is 0 Å². The standard InChI is InChI=1S/C13H26N2O2/c1-3-14(4-2)13(17)15(10-11-16)12-8-6-5-7-9-12/h12,16H,3-11H2,1-2H3. The monoisotopic (exact) mass is 242 g/mol. The summed E-state index contributed by atoms with van der Waals surface area (Å²) in [5.41, 5.74) is 0. The van der Waals surface area contributed by atoms with Crippen molar-refractivity contribution in [3.05, 3.63) is 0 Å². The van der Waals surface area contributed by atoms with Crippen LogP contribution in [0.2, 0.25) is 0 Å². The summed E-state index contributed by atoms with van der Waals surface area (Å²) < 4.78 is 0. The second-order valence-electron chi connectivity index (χ2n) is 4.66. The number of urea groups is 1. The zero-order chi connectivity index (χ0) is 12.7. The maximum absolute atomic E-state index is 12.3. The summed E-state index contributed by atoms with van der Waals surface area (Å²) >= 11 is 0. The van der Waals surface area contributed by atoms with Crippen molar-refractivity contribution < 1.29 is 9.90 Å². The second kappa shape index (κ2) is 7.54. The van der Waals surface area contributed by atoms with E-state index in [1.807, 2.05) is 23.6 Å². The van der Waals surface area contributed by atoms with Gasteiger partial charge in [-0.3, -0.25) is 0 Å². The predicted molar refractivity (Wildman–Crippen MR) is 69.0 cm³/mol. The van der Waals surface area contributed by atoms with E-state index in [0.717, 1.165) is 25.9 Å². The first-order valence-electron chi connectivity index (χ1n) is 6.91. The first kappa shape index (κ1) is 14.3. The van der Waals surface area contributed by atoms with E-state index in [4.69, 9.17) is 5.11 Å². The van der Waals surface area contributed by atoms with E-state index >= 15 is 0 Å². The van der Waals surface area contributed by atoms with E-state index in [-0.39, 0.29) is 12.6 Å². The van der Waals surface area contributed by atoms with Crippen LogP contribution in [0.1, 0.15) is 46.0 Å². The topological polar surface area (TPSA) is 43.8 Å². The molecule has 0 aromatic heterocycles. The van der Waals surface area contributed by atoms with Crippen molar-refractivity contribution in [1.82, 2.24) is 9.80 Å². The number of nitrogens with zero attached hydrogens (tertiary/aromatic N) is 2. The van der Waals surface area contributed by atoms with Crippen LogP contribution in [0.3, 0.4) is 0 Å². The Morgan fingerprint density at radius 2 is 1.76 bits per heavy atom. The number of amides is 2. The summed E-state index contributed by atoms with van der Waals surface area (Å²) in [4.78, 5) is 16.1. The predicted octanol–water partition coefficient (Wildman–Crippen LogP) is 2.08. The summed E-state index contributed by atoms with van der Waals surface area (Å²) in [6, 6.07) is 0.431. The molecule has 1 saturated carbocycles. The third kappa shape index (κ3) is 3.87. The number of carbonyl (C=O) groups excluding carboxylic acids is 1. The molecule has 0 radical (unpaired) electrons. The Morgan fingerprint density at radius 1 is 1.18 bits per heavy atom. The van der Waals surface area contributed by atoms with Crippen LogP contribution in [-0.4, -0.2) is 53.2 Å². The molecule has 0 aliphatic heterocycles. The van der Waals surface area contributed by atoms with E-state index in [0.29, 0.717) is 12.6 Å². The van der Waals surface area contributed by atoms with Gasteiger partial charge in [-0.15, -0.1) is 0 Å². The zero-order valence-electron chi connectivity index (χ0n) is 11.2. The van der Waals surface area contributed by atoms with Gasteiger partial charge in [0, 0.05) is 25.7 Å². The lowest BCUT2D eigenvalue weighted by atomic mass is 9.94. The van der Waals surface area contributed by atoms with E-state index in [1.165, 1.54) is 19.3 Å². The van der Waals surface area contributed by atoms with Crippen molar-refractivity contribution in [2.45, 2.75) is 52.0 Å². The van der Waals surface area contributed by atoms with Gasteiger partial charge in [0.25, 0.3) is 0 Å². The average molecular weight is 242 g/mol. The van der Waals surface area contributed by atoms with Crippen molar-refractivity contribution in [2.24, 2.45) is 0 Å². The van der Waals surface area contributed by atoms with Gasteiger partial charge in [0.1, 0.15) is 0 Å². The van der Waals surface area contributed by atoms with Gasteiger partial charge in [-0.2, -0.15) is 0 Å². The third-order valence-corrected chi connectivity index (χ3v) is 3.64. The van der Waals surface area contributed by atoms with Gasteiger partial charge in [0.05, 0.1) is 6.61 Å². The summed E-state index contributed by atoms with van der Waals surface area (Å²) in [6.45, 7) is 6.01. The molecule has 4 nitrogen and oxygen atoms in total. The molecule has 0 spiro atoms. The second-order valence-corrected chi connectivity index (χ2v) is 4.66. The Balaban J connectivity index is 2.65. The Kier molecular flexibility index (Phi) is 6.34. The van der Waals surface area contributed by atoms with Crippen molar-refractivity contribution in [2.75, 3.05) is 26.2 Å². The molecule has 1 rings (SSSR count). The van der Waals surface area contributed by atoms with Crippen LogP contribution < -0.4 is 0 Å². The van der Waals surface area contributed by atoms with E-state index in [2.05, 4.69) is 0 Å². The fraction of sp³-hybridized carbons (Fsp3) is 0.923. The number of aliphatic hydroxyl groups is 1. The molecule has 100 valence electrons. The van der Waals surface area contributed by atoms with Gasteiger partial charge in [0.15, 0.2) is 0 Å². The van der Waals surface area contributed by atoms with E-state index in [9.17, 15) is 4.79 Å².